The molecule has 0 saturated carbocycles. The van der Waals surface area contributed by atoms with Crippen LogP contribution in [0, 0.1) is 0 Å². The Morgan fingerprint density at radius 1 is 0.531 bits per heavy atom. The molecule has 0 bridgehead atoms. The summed E-state index contributed by atoms with van der Waals surface area (Å²) < 4.78 is 0. The normalized spacial score (nSPS) is 12.0. The summed E-state index contributed by atoms with van der Waals surface area (Å²) in [6, 6.07) is -0.249. The van der Waals surface area contributed by atoms with E-state index in [1.54, 1.807) is 6.29 Å². The first-order valence-corrected chi connectivity index (χ1v) is 21.4. The van der Waals surface area contributed by atoms with Gasteiger partial charge in [0.05, 0.1) is 19.1 Å². The molecule has 49 heavy (non-hydrogen) atoms. The van der Waals surface area contributed by atoms with Crippen LogP contribution >= 0.6 is 0 Å². The number of carbonyl (C=O) groups is 2. The second kappa shape index (κ2) is 39.3. The van der Waals surface area contributed by atoms with Crippen LogP contribution < -0.4 is 16.4 Å². The highest BCUT2D eigenvalue weighted by Gasteiger charge is 2.25. The SMILES string of the molecule is CCCCCCCCCCCCCCCCN(CCCCCCCCCCCCCCCC)C(CCCCN)C(=O)NCC(=O)NC[C]=O. The Morgan fingerprint density at radius 3 is 1.24 bits per heavy atom. The largest absolute Gasteiger partial charge is 0.347 e. The lowest BCUT2D eigenvalue weighted by atomic mass is 10.0. The van der Waals surface area contributed by atoms with E-state index in [1.807, 2.05) is 0 Å². The average Bonchev–Trinajstić information content (AvgIpc) is 3.11. The van der Waals surface area contributed by atoms with Gasteiger partial charge in [-0.05, 0) is 45.3 Å². The lowest BCUT2D eigenvalue weighted by Gasteiger charge is -2.31. The van der Waals surface area contributed by atoms with Crippen LogP contribution in [0.5, 0.6) is 0 Å². The number of hydrogen-bond donors (Lipinski definition) is 3. The molecule has 0 aliphatic rings. The van der Waals surface area contributed by atoms with Gasteiger partial charge in [0.15, 0.2) is 0 Å². The van der Waals surface area contributed by atoms with Gasteiger partial charge in [0, 0.05) is 0 Å². The van der Waals surface area contributed by atoms with Gasteiger partial charge in [-0.1, -0.05) is 187 Å². The molecule has 0 aromatic carbocycles. The first-order valence-electron chi connectivity index (χ1n) is 21.4. The van der Waals surface area contributed by atoms with E-state index >= 15 is 0 Å². The molecule has 7 nitrogen and oxygen atoms in total. The van der Waals surface area contributed by atoms with Gasteiger partial charge >= 0.3 is 0 Å². The summed E-state index contributed by atoms with van der Waals surface area (Å²) in [6.07, 6.45) is 41.6. The lowest BCUT2D eigenvalue weighted by molar-refractivity contribution is -0.129. The maximum Gasteiger partial charge on any atom is 0.239 e. The van der Waals surface area contributed by atoms with Crippen molar-refractivity contribution in [3.8, 4) is 0 Å². The van der Waals surface area contributed by atoms with Crippen molar-refractivity contribution >= 4 is 18.1 Å². The Morgan fingerprint density at radius 2 is 0.898 bits per heavy atom. The molecule has 2 amide bonds. The number of amides is 2. The van der Waals surface area contributed by atoms with E-state index in [0.717, 1.165) is 45.2 Å². The van der Waals surface area contributed by atoms with E-state index in [-0.39, 0.29) is 30.9 Å². The van der Waals surface area contributed by atoms with Crippen molar-refractivity contribution in [3.05, 3.63) is 0 Å². The fourth-order valence-corrected chi connectivity index (χ4v) is 6.89. The zero-order valence-corrected chi connectivity index (χ0v) is 32.8. The molecule has 1 radical (unpaired) electrons. The van der Waals surface area contributed by atoms with Gasteiger partial charge in [0.1, 0.15) is 0 Å². The van der Waals surface area contributed by atoms with Gasteiger partial charge in [0.2, 0.25) is 18.1 Å². The summed E-state index contributed by atoms with van der Waals surface area (Å²) in [5.41, 5.74) is 5.80. The second-order valence-electron chi connectivity index (χ2n) is 14.7. The van der Waals surface area contributed by atoms with Crippen LogP contribution in [-0.2, 0) is 14.4 Å². The van der Waals surface area contributed by atoms with Crippen molar-refractivity contribution < 1.29 is 14.4 Å². The number of nitrogens with two attached hydrogens (primary N) is 1. The minimum atomic E-state index is -0.358. The third kappa shape index (κ3) is 33.4. The van der Waals surface area contributed by atoms with Crippen LogP contribution in [0.1, 0.15) is 213 Å². The van der Waals surface area contributed by atoms with E-state index in [9.17, 15) is 14.4 Å². The van der Waals surface area contributed by atoms with Gasteiger partial charge in [-0.2, -0.15) is 0 Å². The van der Waals surface area contributed by atoms with E-state index in [2.05, 4.69) is 29.4 Å². The molecule has 0 heterocycles. The molecular weight excluding hydrogens is 608 g/mol. The van der Waals surface area contributed by atoms with Gasteiger partial charge in [-0.15, -0.1) is 0 Å². The molecule has 0 aromatic rings. The highest BCUT2D eigenvalue weighted by molar-refractivity contribution is 5.88. The molecule has 0 rings (SSSR count). The molecule has 7 heteroatoms. The predicted octanol–water partition coefficient (Wildman–Crippen LogP) is 10.1. The molecule has 1 unspecified atom stereocenters. The summed E-state index contributed by atoms with van der Waals surface area (Å²) in [5.74, 6) is -0.444. The van der Waals surface area contributed by atoms with Crippen molar-refractivity contribution in [2.24, 2.45) is 5.73 Å². The van der Waals surface area contributed by atoms with E-state index < -0.39 is 0 Å². The van der Waals surface area contributed by atoms with Crippen LogP contribution in [0.15, 0.2) is 0 Å². The monoisotopic (exact) mass is 692 g/mol. The molecule has 0 fully saturated rings. The maximum atomic E-state index is 13.4. The molecule has 0 aromatic heterocycles. The first kappa shape index (κ1) is 47.5. The molecule has 0 saturated heterocycles. The van der Waals surface area contributed by atoms with Crippen LogP contribution in [0.25, 0.3) is 0 Å². The zero-order chi connectivity index (χ0) is 35.9. The minimum Gasteiger partial charge on any atom is -0.347 e. The average molecular weight is 692 g/mol. The summed E-state index contributed by atoms with van der Waals surface area (Å²) in [7, 11) is 0. The van der Waals surface area contributed by atoms with Gasteiger partial charge in [0.25, 0.3) is 0 Å². The molecule has 0 aliphatic carbocycles. The quantitative estimate of drug-likeness (QED) is 0.0555. The molecule has 1 atom stereocenters. The molecule has 0 aliphatic heterocycles. The zero-order valence-electron chi connectivity index (χ0n) is 32.8. The van der Waals surface area contributed by atoms with Crippen LogP contribution in [0.4, 0.5) is 0 Å². The summed E-state index contributed by atoms with van der Waals surface area (Å²) in [4.78, 5) is 38.4. The van der Waals surface area contributed by atoms with Crippen molar-refractivity contribution in [2.45, 2.75) is 219 Å². The Labute approximate surface area is 304 Å². The number of hydrogen-bond acceptors (Lipinski definition) is 5. The molecule has 0 spiro atoms. The first-order chi connectivity index (χ1) is 24.1. The van der Waals surface area contributed by atoms with Crippen molar-refractivity contribution in [3.63, 3.8) is 0 Å². The Kier molecular flexibility index (Phi) is 38.1. The van der Waals surface area contributed by atoms with E-state index in [4.69, 9.17) is 5.73 Å². The van der Waals surface area contributed by atoms with Crippen molar-refractivity contribution in [1.82, 2.24) is 15.5 Å². The highest BCUT2D eigenvalue weighted by atomic mass is 16.2. The van der Waals surface area contributed by atoms with E-state index in [0.29, 0.717) is 6.54 Å². The third-order valence-electron chi connectivity index (χ3n) is 10.1. The van der Waals surface area contributed by atoms with Gasteiger partial charge in [-0.3, -0.25) is 19.3 Å². The Balaban J connectivity index is 4.62. The van der Waals surface area contributed by atoms with Crippen molar-refractivity contribution in [1.29, 1.82) is 0 Å². The highest BCUT2D eigenvalue weighted by Crippen LogP contribution is 2.17. The van der Waals surface area contributed by atoms with E-state index in [1.165, 1.54) is 167 Å². The number of unbranched alkanes of at least 4 members (excludes halogenated alkanes) is 27. The second-order valence-corrected chi connectivity index (χ2v) is 14.7. The van der Waals surface area contributed by atoms with Crippen LogP contribution in [0.2, 0.25) is 0 Å². The summed E-state index contributed by atoms with van der Waals surface area (Å²) in [5, 5.41) is 5.31. The summed E-state index contributed by atoms with van der Waals surface area (Å²) in [6.45, 7) is 6.76. The standard InChI is InChI=1S/C42H83N4O3/c1-3-5-7-9-11-13-15-17-19-21-23-25-27-31-36-46(37-32-28-26-24-22-20-18-16-14-12-10-8-6-4-2)40(33-29-30-34-43)42(49)45-39-41(48)44-35-38-47/h40H,3-37,39,43H2,1-2H3,(H,44,48)(H,45,49). The Bertz CT molecular complexity index is 688. The smallest absolute Gasteiger partial charge is 0.239 e. The van der Waals surface area contributed by atoms with Crippen molar-refractivity contribution in [2.75, 3.05) is 32.7 Å². The molecule has 4 N–H and O–H groups in total. The predicted molar refractivity (Wildman–Crippen MR) is 211 cm³/mol. The lowest BCUT2D eigenvalue weighted by Crippen LogP contribution is -2.50. The maximum absolute atomic E-state index is 13.4. The number of nitrogens with zero attached hydrogens (tertiary/aromatic N) is 1. The van der Waals surface area contributed by atoms with Gasteiger partial charge in [-0.25, -0.2) is 0 Å². The Hall–Kier alpha value is -1.47. The fraction of sp³-hybridized carbons (Fsp3) is 0.929. The van der Waals surface area contributed by atoms with Crippen LogP contribution in [-0.4, -0.2) is 61.8 Å². The topological polar surface area (TPSA) is 105 Å². The summed E-state index contributed by atoms with van der Waals surface area (Å²) >= 11 is 0. The fourth-order valence-electron chi connectivity index (χ4n) is 6.89. The third-order valence-corrected chi connectivity index (χ3v) is 10.1. The van der Waals surface area contributed by atoms with Gasteiger partial charge < -0.3 is 16.4 Å². The number of nitrogens with one attached hydrogen (secondary N) is 2. The molecular formula is C42H83N4O3. The number of rotatable bonds is 40. The molecule has 289 valence electrons. The minimum absolute atomic E-state index is 0.0852. The number of carbonyl (C=O) groups excluding carboxylic acids is 3. The van der Waals surface area contributed by atoms with Crippen LogP contribution in [0.3, 0.4) is 0 Å².